The van der Waals surface area contributed by atoms with Gasteiger partial charge < -0.3 is 9.52 Å². The Balaban J connectivity index is 2.34. The molecule has 102 valence electrons. The summed E-state index contributed by atoms with van der Waals surface area (Å²) < 4.78 is 32.6. The van der Waals surface area contributed by atoms with Crippen molar-refractivity contribution in [2.24, 2.45) is 0 Å². The summed E-state index contributed by atoms with van der Waals surface area (Å²) in [7, 11) is -3.61. The molecule has 0 saturated carbocycles. The quantitative estimate of drug-likeness (QED) is 0.870. The number of furan rings is 1. The first kappa shape index (κ1) is 13.9. The Morgan fingerprint density at radius 1 is 1.44 bits per heavy atom. The molecule has 0 spiro atoms. The van der Waals surface area contributed by atoms with Gasteiger partial charge >= 0.3 is 0 Å². The fourth-order valence-corrected chi connectivity index (χ4v) is 5.12. The molecule has 5 nitrogen and oxygen atoms in total. The van der Waals surface area contributed by atoms with E-state index in [9.17, 15) is 13.5 Å². The van der Waals surface area contributed by atoms with Gasteiger partial charge in [0.05, 0.1) is 6.61 Å². The number of thioether (sulfide) groups is 1. The maximum atomic E-state index is 12.3. The molecule has 0 aromatic carbocycles. The zero-order chi connectivity index (χ0) is 13.3. The number of hydrogen-bond acceptors (Lipinski definition) is 5. The molecule has 1 aliphatic heterocycles. The summed E-state index contributed by atoms with van der Waals surface area (Å²) in [5.41, 5.74) is 0.352. The van der Waals surface area contributed by atoms with Crippen molar-refractivity contribution < 1.29 is 17.9 Å². The maximum absolute atomic E-state index is 12.3. The Morgan fingerprint density at radius 3 is 2.72 bits per heavy atom. The standard InChI is InChI=1S/C11H17NO4S2/c1-7-10(5-13)11(8(2)16-7)18(14,15)12-9-3-4-17-6-9/h9,12-13H,3-6H2,1-2H3. The molecule has 0 aliphatic carbocycles. The molecule has 2 N–H and O–H groups in total. The molecule has 1 atom stereocenters. The van der Waals surface area contributed by atoms with E-state index in [4.69, 9.17) is 4.42 Å². The van der Waals surface area contributed by atoms with Crippen LogP contribution in [0.25, 0.3) is 0 Å². The molecule has 1 aromatic rings. The molecule has 0 radical (unpaired) electrons. The molecule has 1 aliphatic rings. The van der Waals surface area contributed by atoms with Crippen LogP contribution < -0.4 is 4.72 Å². The van der Waals surface area contributed by atoms with Crippen LogP contribution >= 0.6 is 11.8 Å². The van der Waals surface area contributed by atoms with Crippen molar-refractivity contribution in [1.82, 2.24) is 4.72 Å². The number of nitrogens with one attached hydrogen (secondary N) is 1. The summed E-state index contributed by atoms with van der Waals surface area (Å²) >= 11 is 1.74. The molecule has 0 bridgehead atoms. The van der Waals surface area contributed by atoms with Crippen LogP contribution in [0.15, 0.2) is 9.31 Å². The average Bonchev–Trinajstić information content (AvgIpc) is 2.85. The minimum atomic E-state index is -3.61. The predicted octanol–water partition coefficient (Wildman–Crippen LogP) is 1.17. The van der Waals surface area contributed by atoms with Crippen molar-refractivity contribution in [1.29, 1.82) is 0 Å². The highest BCUT2D eigenvalue weighted by atomic mass is 32.2. The summed E-state index contributed by atoms with van der Waals surface area (Å²) in [4.78, 5) is 0.0967. The zero-order valence-corrected chi connectivity index (χ0v) is 12.0. The van der Waals surface area contributed by atoms with E-state index in [1.807, 2.05) is 0 Å². The van der Waals surface area contributed by atoms with Gasteiger partial charge in [0.2, 0.25) is 10.0 Å². The highest BCUT2D eigenvalue weighted by Crippen LogP contribution is 2.28. The topological polar surface area (TPSA) is 79.5 Å². The Morgan fingerprint density at radius 2 is 2.17 bits per heavy atom. The Kier molecular flexibility index (Phi) is 4.05. The number of sulfonamides is 1. The Labute approximate surface area is 111 Å². The highest BCUT2D eigenvalue weighted by Gasteiger charge is 2.29. The third kappa shape index (κ3) is 2.59. The molecular formula is C11H17NO4S2. The highest BCUT2D eigenvalue weighted by molar-refractivity contribution is 7.99. The third-order valence-corrected chi connectivity index (χ3v) is 5.88. The fourth-order valence-electron chi connectivity index (χ4n) is 2.15. The van der Waals surface area contributed by atoms with Crippen LogP contribution in [-0.2, 0) is 16.6 Å². The number of rotatable bonds is 4. The van der Waals surface area contributed by atoms with E-state index < -0.39 is 10.0 Å². The molecule has 1 saturated heterocycles. The molecule has 1 aromatic heterocycles. The van der Waals surface area contributed by atoms with Gasteiger partial charge in [0.1, 0.15) is 16.4 Å². The monoisotopic (exact) mass is 291 g/mol. The van der Waals surface area contributed by atoms with Crippen molar-refractivity contribution in [2.45, 2.75) is 37.8 Å². The first-order valence-electron chi connectivity index (χ1n) is 5.75. The van der Waals surface area contributed by atoms with E-state index in [1.165, 1.54) is 0 Å². The first-order chi connectivity index (χ1) is 8.45. The van der Waals surface area contributed by atoms with E-state index in [2.05, 4.69) is 4.72 Å². The predicted molar refractivity (Wildman–Crippen MR) is 70.2 cm³/mol. The number of hydrogen-bond donors (Lipinski definition) is 2. The van der Waals surface area contributed by atoms with Crippen molar-refractivity contribution >= 4 is 21.8 Å². The van der Waals surface area contributed by atoms with Crippen molar-refractivity contribution in [3.8, 4) is 0 Å². The van der Waals surface area contributed by atoms with Crippen molar-refractivity contribution in [3.63, 3.8) is 0 Å². The molecular weight excluding hydrogens is 274 g/mol. The molecule has 1 unspecified atom stereocenters. The van der Waals surface area contributed by atoms with Crippen LogP contribution in [0, 0.1) is 13.8 Å². The van der Waals surface area contributed by atoms with Crippen LogP contribution in [0.4, 0.5) is 0 Å². The minimum Gasteiger partial charge on any atom is -0.465 e. The van der Waals surface area contributed by atoms with E-state index >= 15 is 0 Å². The van der Waals surface area contributed by atoms with Gasteiger partial charge in [-0.15, -0.1) is 0 Å². The largest absolute Gasteiger partial charge is 0.465 e. The molecule has 1 fully saturated rings. The van der Waals surface area contributed by atoms with E-state index in [-0.39, 0.29) is 17.5 Å². The number of aryl methyl sites for hydroxylation is 2. The van der Waals surface area contributed by atoms with Crippen LogP contribution in [0.1, 0.15) is 23.5 Å². The maximum Gasteiger partial charge on any atom is 0.244 e. The summed E-state index contributed by atoms with van der Waals surface area (Å²) in [5, 5.41) is 9.28. The van der Waals surface area contributed by atoms with Gasteiger partial charge in [-0.3, -0.25) is 0 Å². The van der Waals surface area contributed by atoms with Crippen molar-refractivity contribution in [2.75, 3.05) is 11.5 Å². The zero-order valence-electron chi connectivity index (χ0n) is 10.4. The second-order valence-electron chi connectivity index (χ2n) is 4.36. The van der Waals surface area contributed by atoms with Crippen LogP contribution in [-0.4, -0.2) is 31.1 Å². The van der Waals surface area contributed by atoms with E-state index in [0.29, 0.717) is 17.1 Å². The summed E-state index contributed by atoms with van der Waals surface area (Å²) in [6.45, 7) is 2.92. The summed E-state index contributed by atoms with van der Waals surface area (Å²) in [6, 6.07) is -0.0267. The van der Waals surface area contributed by atoms with Gasteiger partial charge in [0.25, 0.3) is 0 Å². The second-order valence-corrected chi connectivity index (χ2v) is 7.16. The number of aliphatic hydroxyl groups is 1. The van der Waals surface area contributed by atoms with Crippen molar-refractivity contribution in [3.05, 3.63) is 17.1 Å². The van der Waals surface area contributed by atoms with Gasteiger partial charge in [-0.2, -0.15) is 11.8 Å². The lowest BCUT2D eigenvalue weighted by Crippen LogP contribution is -2.35. The lowest BCUT2D eigenvalue weighted by Gasteiger charge is -2.12. The Hall–Kier alpha value is -0.500. The first-order valence-corrected chi connectivity index (χ1v) is 8.39. The number of aliphatic hydroxyl groups excluding tert-OH is 1. The molecule has 18 heavy (non-hydrogen) atoms. The Bertz CT molecular complexity index is 529. The average molecular weight is 291 g/mol. The van der Waals surface area contributed by atoms with Gasteiger partial charge in [0, 0.05) is 17.4 Å². The van der Waals surface area contributed by atoms with Gasteiger partial charge in [-0.05, 0) is 26.0 Å². The second kappa shape index (κ2) is 5.24. The van der Waals surface area contributed by atoms with E-state index in [0.717, 1.165) is 17.9 Å². The third-order valence-electron chi connectivity index (χ3n) is 3.00. The van der Waals surface area contributed by atoms with Crippen LogP contribution in [0.5, 0.6) is 0 Å². The SMILES string of the molecule is Cc1oc(C)c(S(=O)(=O)NC2CCSC2)c1CO. The fraction of sp³-hybridized carbons (Fsp3) is 0.636. The van der Waals surface area contributed by atoms with Gasteiger partial charge in [-0.25, -0.2) is 13.1 Å². The van der Waals surface area contributed by atoms with E-state index in [1.54, 1.807) is 25.6 Å². The smallest absolute Gasteiger partial charge is 0.244 e. The summed E-state index contributed by atoms with van der Waals surface area (Å²) in [5.74, 6) is 2.55. The van der Waals surface area contributed by atoms with Crippen LogP contribution in [0.2, 0.25) is 0 Å². The van der Waals surface area contributed by atoms with Gasteiger partial charge in [0.15, 0.2) is 0 Å². The molecule has 2 rings (SSSR count). The molecule has 2 heterocycles. The van der Waals surface area contributed by atoms with Gasteiger partial charge in [-0.1, -0.05) is 0 Å². The van der Waals surface area contributed by atoms with Crippen LogP contribution in [0.3, 0.4) is 0 Å². The molecule has 0 amide bonds. The lowest BCUT2D eigenvalue weighted by atomic mass is 10.2. The lowest BCUT2D eigenvalue weighted by molar-refractivity contribution is 0.276. The summed E-state index contributed by atoms with van der Waals surface area (Å²) in [6.07, 6.45) is 0.842. The molecule has 7 heteroatoms. The minimum absolute atomic E-state index is 0.0267. The normalized spacial score (nSPS) is 20.5.